The lowest BCUT2D eigenvalue weighted by molar-refractivity contribution is 0.527. The van der Waals surface area contributed by atoms with Crippen LogP contribution in [0, 0.1) is 5.92 Å². The number of aryl methyl sites for hydroxylation is 1. The molecule has 2 rings (SSSR count). The number of benzene rings is 1. The smallest absolute Gasteiger partial charge is 0.138 e. The van der Waals surface area contributed by atoms with Crippen LogP contribution in [0.15, 0.2) is 35.1 Å². The van der Waals surface area contributed by atoms with Gasteiger partial charge in [0.25, 0.3) is 0 Å². The number of hydrogen-bond donors (Lipinski definition) is 0. The molecule has 0 amide bonds. The molecule has 0 saturated carbocycles. The molecule has 0 aliphatic carbocycles. The number of rotatable bonds is 6. The average Bonchev–Trinajstić information content (AvgIpc) is 2.87. The van der Waals surface area contributed by atoms with E-state index in [1.165, 1.54) is 10.0 Å². The average molecular weight is 387 g/mol. The molecule has 0 bridgehead atoms. The van der Waals surface area contributed by atoms with Crippen molar-refractivity contribution in [1.82, 2.24) is 14.8 Å². The summed E-state index contributed by atoms with van der Waals surface area (Å²) >= 11 is 7.23. The summed E-state index contributed by atoms with van der Waals surface area (Å²) in [7, 11) is 0. The highest BCUT2D eigenvalue weighted by Crippen LogP contribution is 2.22. The van der Waals surface area contributed by atoms with E-state index in [0.29, 0.717) is 5.92 Å². The van der Waals surface area contributed by atoms with Crippen LogP contribution in [0.2, 0.25) is 0 Å². The van der Waals surface area contributed by atoms with E-state index >= 15 is 0 Å². The zero-order valence-corrected chi connectivity index (χ0v) is 14.1. The summed E-state index contributed by atoms with van der Waals surface area (Å²) in [6, 6.07) is 8.39. The van der Waals surface area contributed by atoms with Crippen LogP contribution in [-0.4, -0.2) is 20.1 Å². The Morgan fingerprint density at radius 1 is 1.26 bits per heavy atom. The fourth-order valence-electron chi connectivity index (χ4n) is 2.12. The van der Waals surface area contributed by atoms with Crippen molar-refractivity contribution in [3.05, 3.63) is 46.5 Å². The van der Waals surface area contributed by atoms with Crippen LogP contribution in [0.3, 0.4) is 0 Å². The van der Waals surface area contributed by atoms with Gasteiger partial charge in [-0.2, -0.15) is 5.10 Å². The second-order valence-electron chi connectivity index (χ2n) is 4.51. The van der Waals surface area contributed by atoms with Crippen molar-refractivity contribution in [2.24, 2.45) is 5.92 Å². The third-order valence-corrected chi connectivity index (χ3v) is 4.84. The molecular formula is C14H17Br2N3. The van der Waals surface area contributed by atoms with Crippen LogP contribution >= 0.6 is 31.9 Å². The minimum Gasteiger partial charge on any atom is -0.250 e. The highest BCUT2D eigenvalue weighted by atomic mass is 79.9. The van der Waals surface area contributed by atoms with Crippen molar-refractivity contribution in [3.8, 4) is 0 Å². The van der Waals surface area contributed by atoms with Crippen LogP contribution in [0.25, 0.3) is 0 Å². The van der Waals surface area contributed by atoms with E-state index in [9.17, 15) is 0 Å². The van der Waals surface area contributed by atoms with Crippen molar-refractivity contribution < 1.29 is 0 Å². The highest BCUT2D eigenvalue weighted by molar-refractivity contribution is 9.10. The van der Waals surface area contributed by atoms with Crippen LogP contribution < -0.4 is 0 Å². The summed E-state index contributed by atoms with van der Waals surface area (Å²) < 4.78 is 3.15. The number of hydrogen-bond acceptors (Lipinski definition) is 2. The molecule has 0 aliphatic heterocycles. The normalized spacial score (nSPS) is 12.6. The largest absolute Gasteiger partial charge is 0.250 e. The Morgan fingerprint density at radius 2 is 2.05 bits per heavy atom. The van der Waals surface area contributed by atoms with E-state index < -0.39 is 0 Å². The Balaban J connectivity index is 2.07. The molecule has 1 aromatic heterocycles. The molecule has 0 spiro atoms. The van der Waals surface area contributed by atoms with Crippen LogP contribution in [0.4, 0.5) is 0 Å². The molecule has 0 aliphatic rings. The van der Waals surface area contributed by atoms with Gasteiger partial charge in [0.2, 0.25) is 0 Å². The van der Waals surface area contributed by atoms with Crippen molar-refractivity contribution in [2.75, 3.05) is 5.33 Å². The van der Waals surface area contributed by atoms with E-state index in [-0.39, 0.29) is 0 Å². The maximum Gasteiger partial charge on any atom is 0.138 e. The molecule has 5 heteroatoms. The van der Waals surface area contributed by atoms with Gasteiger partial charge in [-0.1, -0.05) is 50.1 Å². The van der Waals surface area contributed by atoms with E-state index in [1.807, 2.05) is 10.7 Å². The van der Waals surface area contributed by atoms with Crippen LogP contribution in [0.5, 0.6) is 0 Å². The molecule has 2 aromatic rings. The predicted octanol–water partition coefficient (Wildman–Crippen LogP) is 3.86. The molecule has 1 heterocycles. The zero-order chi connectivity index (χ0) is 13.7. The molecule has 102 valence electrons. The third-order valence-electron chi connectivity index (χ3n) is 3.15. The monoisotopic (exact) mass is 385 g/mol. The maximum atomic E-state index is 4.36. The topological polar surface area (TPSA) is 30.7 Å². The van der Waals surface area contributed by atoms with E-state index in [0.717, 1.165) is 30.5 Å². The summed E-state index contributed by atoms with van der Waals surface area (Å²) in [5, 5.41) is 5.19. The van der Waals surface area contributed by atoms with Gasteiger partial charge in [-0.05, 0) is 30.9 Å². The zero-order valence-electron chi connectivity index (χ0n) is 10.9. The predicted molar refractivity (Wildman–Crippen MR) is 84.5 cm³/mol. The van der Waals surface area contributed by atoms with Crippen LogP contribution in [0.1, 0.15) is 18.3 Å². The maximum absolute atomic E-state index is 4.36. The first-order chi connectivity index (χ1) is 9.24. The minimum atomic E-state index is 0.521. The fourth-order valence-corrected chi connectivity index (χ4v) is 3.03. The van der Waals surface area contributed by atoms with E-state index in [1.54, 1.807) is 6.33 Å². The Labute approximate surface area is 130 Å². The molecule has 1 aromatic carbocycles. The first kappa shape index (κ1) is 14.7. The molecule has 0 N–H and O–H groups in total. The van der Waals surface area contributed by atoms with Gasteiger partial charge in [0.05, 0.1) is 0 Å². The Bertz CT molecular complexity index is 525. The van der Waals surface area contributed by atoms with Gasteiger partial charge in [0.15, 0.2) is 0 Å². The summed E-state index contributed by atoms with van der Waals surface area (Å²) in [6.07, 6.45) is 3.62. The lowest BCUT2D eigenvalue weighted by atomic mass is 9.98. The fraction of sp³-hybridized carbons (Fsp3) is 0.429. The quantitative estimate of drug-likeness (QED) is 0.705. The molecule has 1 unspecified atom stereocenters. The van der Waals surface area contributed by atoms with Gasteiger partial charge in [0.1, 0.15) is 12.2 Å². The van der Waals surface area contributed by atoms with E-state index in [2.05, 4.69) is 67.1 Å². The van der Waals surface area contributed by atoms with Gasteiger partial charge in [0, 0.05) is 22.8 Å². The molecule has 19 heavy (non-hydrogen) atoms. The van der Waals surface area contributed by atoms with Gasteiger partial charge in [-0.25, -0.2) is 4.98 Å². The molecule has 1 atom stereocenters. The Kier molecular flexibility index (Phi) is 5.58. The second kappa shape index (κ2) is 7.20. The highest BCUT2D eigenvalue weighted by Gasteiger charge is 2.14. The van der Waals surface area contributed by atoms with Gasteiger partial charge < -0.3 is 0 Å². The van der Waals surface area contributed by atoms with Crippen LogP contribution in [-0.2, 0) is 19.4 Å². The summed E-state index contributed by atoms with van der Waals surface area (Å²) in [5.41, 5.74) is 1.34. The standard InChI is InChI=1S/C14H17Br2N3/c1-2-19-14(17-10-18-19)8-11(9-15)7-12-5-3-4-6-13(12)16/h3-6,10-11H,2,7-9H2,1H3. The summed E-state index contributed by atoms with van der Waals surface area (Å²) in [6.45, 7) is 2.97. The number of alkyl halides is 1. The lowest BCUT2D eigenvalue weighted by Crippen LogP contribution is -2.14. The van der Waals surface area contributed by atoms with Gasteiger partial charge >= 0.3 is 0 Å². The second-order valence-corrected chi connectivity index (χ2v) is 6.01. The molecule has 3 nitrogen and oxygen atoms in total. The number of nitrogens with zero attached hydrogens (tertiary/aromatic N) is 3. The SMILES string of the molecule is CCn1ncnc1CC(CBr)Cc1ccccc1Br. The summed E-state index contributed by atoms with van der Waals surface area (Å²) in [5.74, 6) is 1.59. The Hall–Kier alpha value is -0.680. The molecule has 0 saturated heterocycles. The molecule has 0 radical (unpaired) electrons. The lowest BCUT2D eigenvalue weighted by Gasteiger charge is -2.15. The van der Waals surface area contributed by atoms with Crippen molar-refractivity contribution in [2.45, 2.75) is 26.3 Å². The van der Waals surface area contributed by atoms with Crippen molar-refractivity contribution >= 4 is 31.9 Å². The summed E-state index contributed by atoms with van der Waals surface area (Å²) in [4.78, 5) is 4.36. The minimum absolute atomic E-state index is 0.521. The van der Waals surface area contributed by atoms with Gasteiger partial charge in [-0.3, -0.25) is 4.68 Å². The third kappa shape index (κ3) is 3.89. The Morgan fingerprint density at radius 3 is 2.74 bits per heavy atom. The number of aromatic nitrogens is 3. The van der Waals surface area contributed by atoms with Gasteiger partial charge in [-0.15, -0.1) is 0 Å². The first-order valence-corrected chi connectivity index (χ1v) is 8.32. The molecule has 0 fully saturated rings. The van der Waals surface area contributed by atoms with Crippen molar-refractivity contribution in [3.63, 3.8) is 0 Å². The van der Waals surface area contributed by atoms with E-state index in [4.69, 9.17) is 0 Å². The first-order valence-electron chi connectivity index (χ1n) is 6.40. The van der Waals surface area contributed by atoms with Crippen molar-refractivity contribution in [1.29, 1.82) is 0 Å². The molecular weight excluding hydrogens is 370 g/mol. The number of halogens is 2.